The average molecular weight is 311 g/mol. The van der Waals surface area contributed by atoms with Gasteiger partial charge in [0.05, 0.1) is 11.4 Å². The number of aryl methyl sites for hydroxylation is 1. The van der Waals surface area contributed by atoms with Gasteiger partial charge in [-0.15, -0.1) is 0 Å². The molecule has 0 aliphatic carbocycles. The van der Waals surface area contributed by atoms with Crippen LogP contribution in [-0.4, -0.2) is 23.5 Å². The number of nitrogens with one attached hydrogen (secondary N) is 2. The van der Waals surface area contributed by atoms with Gasteiger partial charge in [-0.2, -0.15) is 0 Å². The van der Waals surface area contributed by atoms with Crippen LogP contribution in [0.5, 0.6) is 0 Å². The third-order valence-electron chi connectivity index (χ3n) is 4.25. The van der Waals surface area contributed by atoms with E-state index in [9.17, 15) is 9.59 Å². The Labute approximate surface area is 135 Å². The quantitative estimate of drug-likeness (QED) is 0.896. The van der Waals surface area contributed by atoms with Crippen molar-refractivity contribution in [1.82, 2.24) is 4.98 Å². The lowest BCUT2D eigenvalue weighted by atomic mass is 9.99. The number of carbonyl (C=O) groups is 1. The zero-order valence-corrected chi connectivity index (χ0v) is 13.6. The van der Waals surface area contributed by atoms with E-state index < -0.39 is 0 Å². The number of H-pyrrole nitrogens is 1. The molecule has 0 radical (unpaired) electrons. The molecule has 0 saturated heterocycles. The Bertz CT molecular complexity index is 795. The molecule has 0 saturated carbocycles. The van der Waals surface area contributed by atoms with Crippen LogP contribution in [0.2, 0.25) is 0 Å². The molecule has 0 fully saturated rings. The molecule has 1 amide bonds. The van der Waals surface area contributed by atoms with Crippen LogP contribution in [0, 0.1) is 12.8 Å². The molecule has 2 N–H and O–H groups in total. The van der Waals surface area contributed by atoms with Crippen molar-refractivity contribution in [3.8, 4) is 0 Å². The highest BCUT2D eigenvalue weighted by Crippen LogP contribution is 2.32. The summed E-state index contributed by atoms with van der Waals surface area (Å²) < 4.78 is 0. The van der Waals surface area contributed by atoms with E-state index in [1.54, 1.807) is 24.0 Å². The maximum absolute atomic E-state index is 12.9. The van der Waals surface area contributed by atoms with E-state index in [1.807, 2.05) is 24.3 Å². The van der Waals surface area contributed by atoms with E-state index in [1.165, 1.54) is 0 Å². The van der Waals surface area contributed by atoms with Gasteiger partial charge in [-0.05, 0) is 37.1 Å². The fourth-order valence-electron chi connectivity index (χ4n) is 2.83. The SMILES string of the molecule is Cc1ccc(C(=O)N2C[C@@H](C(C)C)Nc3ccccc32)c(=O)[nH]1. The number of fused-ring (bicyclic) bond motifs is 1. The third kappa shape index (κ3) is 2.86. The van der Waals surface area contributed by atoms with Crippen molar-refractivity contribution in [3.05, 3.63) is 58.0 Å². The normalized spacial score (nSPS) is 16.9. The van der Waals surface area contributed by atoms with Gasteiger partial charge in [0, 0.05) is 18.3 Å². The number of amides is 1. The standard InChI is InChI=1S/C18H21N3O2/c1-11(2)15-10-21(16-7-5-4-6-14(16)20-15)18(23)13-9-8-12(3)19-17(13)22/h4-9,11,15,20H,10H2,1-3H3,(H,19,22)/t15-/m0/s1. The molecular formula is C18H21N3O2. The molecule has 2 aromatic rings. The highest BCUT2D eigenvalue weighted by molar-refractivity contribution is 6.08. The van der Waals surface area contributed by atoms with E-state index in [0.717, 1.165) is 17.1 Å². The topological polar surface area (TPSA) is 65.2 Å². The Balaban J connectivity index is 2.03. The summed E-state index contributed by atoms with van der Waals surface area (Å²) in [6, 6.07) is 11.2. The van der Waals surface area contributed by atoms with Crippen LogP contribution in [0.4, 0.5) is 11.4 Å². The van der Waals surface area contributed by atoms with Gasteiger partial charge in [-0.25, -0.2) is 0 Å². The number of hydrogen-bond donors (Lipinski definition) is 2. The van der Waals surface area contributed by atoms with E-state index in [4.69, 9.17) is 0 Å². The molecule has 2 heterocycles. The lowest BCUT2D eigenvalue weighted by Crippen LogP contribution is -2.48. The molecule has 0 unspecified atom stereocenters. The summed E-state index contributed by atoms with van der Waals surface area (Å²) in [5.74, 6) is 0.112. The monoisotopic (exact) mass is 311 g/mol. The minimum absolute atomic E-state index is 0.151. The Kier molecular flexibility index (Phi) is 3.94. The van der Waals surface area contributed by atoms with E-state index in [2.05, 4.69) is 24.1 Å². The van der Waals surface area contributed by atoms with Crippen molar-refractivity contribution in [2.45, 2.75) is 26.8 Å². The summed E-state index contributed by atoms with van der Waals surface area (Å²) in [5, 5.41) is 3.48. The first-order valence-electron chi connectivity index (χ1n) is 7.84. The zero-order chi connectivity index (χ0) is 16.6. The fraction of sp³-hybridized carbons (Fsp3) is 0.333. The molecule has 5 nitrogen and oxygen atoms in total. The second-order valence-electron chi connectivity index (χ2n) is 6.31. The molecule has 1 atom stereocenters. The number of anilines is 2. The van der Waals surface area contributed by atoms with Gasteiger partial charge < -0.3 is 15.2 Å². The van der Waals surface area contributed by atoms with Crippen LogP contribution < -0.4 is 15.8 Å². The summed E-state index contributed by atoms with van der Waals surface area (Å²) in [5.41, 5.74) is 2.32. The summed E-state index contributed by atoms with van der Waals surface area (Å²) in [4.78, 5) is 29.5. The Morgan fingerprint density at radius 3 is 2.65 bits per heavy atom. The number of pyridine rings is 1. The number of carbonyl (C=O) groups excluding carboxylic acids is 1. The summed E-state index contributed by atoms with van der Waals surface area (Å²) >= 11 is 0. The summed E-state index contributed by atoms with van der Waals surface area (Å²) in [6.07, 6.45) is 0. The number of benzene rings is 1. The van der Waals surface area contributed by atoms with Crippen molar-refractivity contribution in [3.63, 3.8) is 0 Å². The highest BCUT2D eigenvalue weighted by Gasteiger charge is 2.30. The number of nitrogens with zero attached hydrogens (tertiary/aromatic N) is 1. The van der Waals surface area contributed by atoms with Gasteiger partial charge in [-0.3, -0.25) is 9.59 Å². The zero-order valence-electron chi connectivity index (χ0n) is 13.6. The van der Waals surface area contributed by atoms with Crippen LogP contribution in [0.15, 0.2) is 41.2 Å². The van der Waals surface area contributed by atoms with Crippen molar-refractivity contribution in [2.24, 2.45) is 5.92 Å². The lowest BCUT2D eigenvalue weighted by molar-refractivity contribution is 0.0982. The van der Waals surface area contributed by atoms with Crippen LogP contribution >= 0.6 is 0 Å². The Hall–Kier alpha value is -2.56. The first-order chi connectivity index (χ1) is 11.0. The summed E-state index contributed by atoms with van der Waals surface area (Å²) in [6.45, 7) is 6.57. The second-order valence-corrected chi connectivity index (χ2v) is 6.31. The van der Waals surface area contributed by atoms with Crippen LogP contribution in [0.25, 0.3) is 0 Å². The number of aromatic amines is 1. The lowest BCUT2D eigenvalue weighted by Gasteiger charge is -2.37. The van der Waals surface area contributed by atoms with Gasteiger partial charge in [0.2, 0.25) is 0 Å². The molecule has 23 heavy (non-hydrogen) atoms. The van der Waals surface area contributed by atoms with Gasteiger partial charge >= 0.3 is 0 Å². The number of aromatic nitrogens is 1. The molecule has 0 bridgehead atoms. The van der Waals surface area contributed by atoms with Gasteiger partial charge in [-0.1, -0.05) is 26.0 Å². The van der Waals surface area contributed by atoms with Crippen molar-refractivity contribution < 1.29 is 4.79 Å². The largest absolute Gasteiger partial charge is 0.379 e. The smallest absolute Gasteiger partial charge is 0.264 e. The van der Waals surface area contributed by atoms with Gasteiger partial charge in [0.1, 0.15) is 5.56 Å². The molecule has 1 aliphatic heterocycles. The first kappa shape index (κ1) is 15.3. The average Bonchev–Trinajstić information content (AvgIpc) is 2.53. The minimum atomic E-state index is -0.341. The fourth-order valence-corrected chi connectivity index (χ4v) is 2.83. The second kappa shape index (κ2) is 5.91. The van der Waals surface area contributed by atoms with Crippen molar-refractivity contribution >= 4 is 17.3 Å². The molecule has 0 spiro atoms. The molecule has 1 aliphatic rings. The number of hydrogen-bond acceptors (Lipinski definition) is 3. The molecule has 3 rings (SSSR count). The Morgan fingerprint density at radius 1 is 1.22 bits per heavy atom. The molecule has 5 heteroatoms. The molecule has 1 aromatic carbocycles. The summed E-state index contributed by atoms with van der Waals surface area (Å²) in [7, 11) is 0. The van der Waals surface area contributed by atoms with E-state index in [-0.39, 0.29) is 23.1 Å². The third-order valence-corrected chi connectivity index (χ3v) is 4.25. The minimum Gasteiger partial charge on any atom is -0.379 e. The van der Waals surface area contributed by atoms with Crippen molar-refractivity contribution in [1.29, 1.82) is 0 Å². The van der Waals surface area contributed by atoms with E-state index in [0.29, 0.717) is 12.5 Å². The molecule has 120 valence electrons. The van der Waals surface area contributed by atoms with Crippen LogP contribution in [0.3, 0.4) is 0 Å². The van der Waals surface area contributed by atoms with Gasteiger partial charge in [0.15, 0.2) is 0 Å². The Morgan fingerprint density at radius 2 is 1.96 bits per heavy atom. The van der Waals surface area contributed by atoms with Crippen LogP contribution in [-0.2, 0) is 0 Å². The number of rotatable bonds is 2. The predicted octanol–water partition coefficient (Wildman–Crippen LogP) is 2.78. The predicted molar refractivity (Wildman–Crippen MR) is 92.2 cm³/mol. The van der Waals surface area contributed by atoms with Crippen molar-refractivity contribution in [2.75, 3.05) is 16.8 Å². The maximum atomic E-state index is 12.9. The number of para-hydroxylation sites is 2. The molecule has 1 aromatic heterocycles. The molecular weight excluding hydrogens is 290 g/mol. The van der Waals surface area contributed by atoms with Crippen LogP contribution in [0.1, 0.15) is 29.9 Å². The maximum Gasteiger partial charge on any atom is 0.264 e. The van der Waals surface area contributed by atoms with E-state index >= 15 is 0 Å². The van der Waals surface area contributed by atoms with Gasteiger partial charge in [0.25, 0.3) is 11.5 Å². The highest BCUT2D eigenvalue weighted by atomic mass is 16.2. The first-order valence-corrected chi connectivity index (χ1v) is 7.84.